The molecule has 0 radical (unpaired) electrons. The van der Waals surface area contributed by atoms with E-state index >= 15 is 0 Å². The Morgan fingerprint density at radius 3 is 2.14 bits per heavy atom. The summed E-state index contributed by atoms with van der Waals surface area (Å²) in [5.74, 6) is 1.00. The molecule has 0 fully saturated rings. The van der Waals surface area contributed by atoms with E-state index in [0.717, 1.165) is 17.5 Å². The van der Waals surface area contributed by atoms with Crippen molar-refractivity contribution in [3.05, 3.63) is 70.8 Å². The van der Waals surface area contributed by atoms with E-state index in [1.807, 2.05) is 12.1 Å². The van der Waals surface area contributed by atoms with Gasteiger partial charge in [-0.2, -0.15) is 0 Å². The van der Waals surface area contributed by atoms with Crippen LogP contribution in [-0.4, -0.2) is 0 Å². The van der Waals surface area contributed by atoms with E-state index in [1.165, 1.54) is 11.1 Å². The minimum Gasteiger partial charge on any atom is -0.397 e. The molecule has 1 aliphatic carbocycles. The average molecular weight is 278 g/mol. The Kier molecular flexibility index (Phi) is 3.46. The van der Waals surface area contributed by atoms with Crippen molar-refractivity contribution in [2.45, 2.75) is 26.2 Å². The Hall–Kier alpha value is -2.22. The summed E-state index contributed by atoms with van der Waals surface area (Å²) in [5.41, 5.74) is 18.9. The van der Waals surface area contributed by atoms with Gasteiger partial charge < -0.3 is 11.5 Å². The smallest absolute Gasteiger partial charge is 0.0630 e. The zero-order valence-electron chi connectivity index (χ0n) is 12.6. The molecule has 108 valence electrons. The van der Waals surface area contributed by atoms with Crippen LogP contribution in [0.15, 0.2) is 48.5 Å². The van der Waals surface area contributed by atoms with Crippen LogP contribution in [0.25, 0.3) is 11.4 Å². The van der Waals surface area contributed by atoms with Crippen molar-refractivity contribution in [3.63, 3.8) is 0 Å². The number of rotatable bonds is 1. The fourth-order valence-corrected chi connectivity index (χ4v) is 3.26. The molecule has 4 N–H and O–H groups in total. The highest BCUT2D eigenvalue weighted by molar-refractivity contribution is 5.90. The first-order chi connectivity index (χ1) is 10.1. The number of nitrogens with two attached hydrogens (primary N) is 2. The first-order valence-corrected chi connectivity index (χ1v) is 7.52. The Balaban J connectivity index is 2.31. The molecule has 1 unspecified atom stereocenters. The van der Waals surface area contributed by atoms with Crippen molar-refractivity contribution in [2.24, 2.45) is 17.4 Å². The number of fused-ring (bicyclic) bond motifs is 2. The minimum atomic E-state index is 0.453. The fourth-order valence-electron chi connectivity index (χ4n) is 3.26. The molecule has 2 nitrogen and oxygen atoms in total. The second kappa shape index (κ2) is 5.28. The summed E-state index contributed by atoms with van der Waals surface area (Å²) >= 11 is 0. The van der Waals surface area contributed by atoms with Crippen molar-refractivity contribution < 1.29 is 0 Å². The van der Waals surface area contributed by atoms with Crippen LogP contribution in [0.5, 0.6) is 0 Å². The maximum Gasteiger partial charge on any atom is 0.0630 e. The van der Waals surface area contributed by atoms with Crippen molar-refractivity contribution in [3.8, 4) is 0 Å². The zero-order chi connectivity index (χ0) is 15.0. The summed E-state index contributed by atoms with van der Waals surface area (Å²) in [6.07, 6.45) is 0.999. The van der Waals surface area contributed by atoms with E-state index in [9.17, 15) is 0 Å². The van der Waals surface area contributed by atoms with Crippen LogP contribution in [0.2, 0.25) is 0 Å². The second-order valence-corrected chi connectivity index (χ2v) is 6.13. The second-order valence-electron chi connectivity index (χ2n) is 6.13. The SMILES string of the molecule is CC(C)C1Cc2ccccc2/C(N)=C(/N)c2ccccc21. The van der Waals surface area contributed by atoms with E-state index < -0.39 is 0 Å². The summed E-state index contributed by atoms with van der Waals surface area (Å²) in [6.45, 7) is 4.55. The predicted molar refractivity (Wildman–Crippen MR) is 89.4 cm³/mol. The lowest BCUT2D eigenvalue weighted by atomic mass is 9.78. The molecule has 2 heteroatoms. The van der Waals surface area contributed by atoms with E-state index in [-0.39, 0.29) is 0 Å². The van der Waals surface area contributed by atoms with Crippen LogP contribution in [-0.2, 0) is 6.42 Å². The van der Waals surface area contributed by atoms with Crippen LogP contribution in [0.1, 0.15) is 42.0 Å². The summed E-state index contributed by atoms with van der Waals surface area (Å²) in [7, 11) is 0. The third-order valence-corrected chi connectivity index (χ3v) is 4.49. The molecule has 1 atom stereocenters. The topological polar surface area (TPSA) is 52.0 Å². The monoisotopic (exact) mass is 278 g/mol. The molecule has 0 aliphatic heterocycles. The van der Waals surface area contributed by atoms with Crippen molar-refractivity contribution in [1.29, 1.82) is 0 Å². The van der Waals surface area contributed by atoms with Crippen LogP contribution >= 0.6 is 0 Å². The maximum absolute atomic E-state index is 6.39. The first kappa shape index (κ1) is 13.7. The van der Waals surface area contributed by atoms with E-state index in [2.05, 4.69) is 50.2 Å². The number of benzene rings is 2. The Morgan fingerprint density at radius 1 is 0.857 bits per heavy atom. The highest BCUT2D eigenvalue weighted by atomic mass is 14.7. The van der Waals surface area contributed by atoms with Gasteiger partial charge in [-0.1, -0.05) is 62.4 Å². The third-order valence-electron chi connectivity index (χ3n) is 4.49. The van der Waals surface area contributed by atoms with Gasteiger partial charge >= 0.3 is 0 Å². The van der Waals surface area contributed by atoms with Crippen LogP contribution in [0.3, 0.4) is 0 Å². The number of hydrogen-bond acceptors (Lipinski definition) is 2. The molecular weight excluding hydrogens is 256 g/mol. The molecule has 0 bridgehead atoms. The summed E-state index contributed by atoms with van der Waals surface area (Å²) in [5, 5.41) is 0. The molecule has 2 aromatic rings. The standard InChI is InChI=1S/C19H22N2/c1-12(2)17-11-13-7-3-4-8-14(13)18(20)19(21)16-10-6-5-9-15(16)17/h3-10,12,17H,11,20-21H2,1-2H3/b19-18-. The average Bonchev–Trinajstić information content (AvgIpc) is 2.50. The van der Waals surface area contributed by atoms with Crippen molar-refractivity contribution in [1.82, 2.24) is 0 Å². The normalized spacial score (nSPS) is 21.4. The Morgan fingerprint density at radius 2 is 1.43 bits per heavy atom. The third kappa shape index (κ3) is 2.31. The van der Waals surface area contributed by atoms with Gasteiger partial charge in [0.15, 0.2) is 0 Å². The van der Waals surface area contributed by atoms with Gasteiger partial charge in [-0.05, 0) is 29.4 Å². The molecule has 2 aromatic carbocycles. The van der Waals surface area contributed by atoms with Crippen LogP contribution in [0, 0.1) is 5.92 Å². The van der Waals surface area contributed by atoms with Gasteiger partial charge in [0.1, 0.15) is 0 Å². The van der Waals surface area contributed by atoms with E-state index in [4.69, 9.17) is 11.5 Å². The lowest BCUT2D eigenvalue weighted by molar-refractivity contribution is 0.494. The predicted octanol–water partition coefficient (Wildman–Crippen LogP) is 3.73. The molecular formula is C19H22N2. The van der Waals surface area contributed by atoms with Crippen LogP contribution < -0.4 is 11.5 Å². The first-order valence-electron chi connectivity index (χ1n) is 7.52. The highest BCUT2D eigenvalue weighted by Gasteiger charge is 2.25. The zero-order valence-corrected chi connectivity index (χ0v) is 12.6. The molecule has 1 aliphatic rings. The lowest BCUT2D eigenvalue weighted by Gasteiger charge is -2.28. The lowest BCUT2D eigenvalue weighted by Crippen LogP contribution is -2.19. The quantitative estimate of drug-likeness (QED) is 0.835. The highest BCUT2D eigenvalue weighted by Crippen LogP contribution is 2.37. The van der Waals surface area contributed by atoms with Gasteiger partial charge in [0, 0.05) is 11.1 Å². The van der Waals surface area contributed by atoms with Gasteiger partial charge in [-0.3, -0.25) is 0 Å². The van der Waals surface area contributed by atoms with E-state index in [1.54, 1.807) is 0 Å². The molecule has 3 rings (SSSR count). The maximum atomic E-state index is 6.39. The fraction of sp³-hybridized carbons (Fsp3) is 0.263. The van der Waals surface area contributed by atoms with Crippen molar-refractivity contribution in [2.75, 3.05) is 0 Å². The molecule has 0 saturated carbocycles. The Bertz CT molecular complexity index is 698. The molecule has 0 saturated heterocycles. The molecule has 0 spiro atoms. The molecule has 0 aromatic heterocycles. The Labute approximate surface area is 126 Å². The number of hydrogen-bond donors (Lipinski definition) is 2. The van der Waals surface area contributed by atoms with Crippen LogP contribution in [0.4, 0.5) is 0 Å². The van der Waals surface area contributed by atoms with Gasteiger partial charge in [0.25, 0.3) is 0 Å². The molecule has 0 heterocycles. The van der Waals surface area contributed by atoms with Crippen molar-refractivity contribution >= 4 is 11.4 Å². The summed E-state index contributed by atoms with van der Waals surface area (Å²) < 4.78 is 0. The van der Waals surface area contributed by atoms with E-state index in [0.29, 0.717) is 23.2 Å². The minimum absolute atomic E-state index is 0.453. The largest absolute Gasteiger partial charge is 0.397 e. The molecule has 0 amide bonds. The summed E-state index contributed by atoms with van der Waals surface area (Å²) in [4.78, 5) is 0. The molecule has 21 heavy (non-hydrogen) atoms. The summed E-state index contributed by atoms with van der Waals surface area (Å²) in [6, 6.07) is 16.7. The van der Waals surface area contributed by atoms with Gasteiger partial charge in [0.05, 0.1) is 11.4 Å². The van der Waals surface area contributed by atoms with Gasteiger partial charge in [-0.15, -0.1) is 0 Å². The van der Waals surface area contributed by atoms with Gasteiger partial charge in [-0.25, -0.2) is 0 Å². The van der Waals surface area contributed by atoms with Gasteiger partial charge in [0.2, 0.25) is 0 Å².